The fourth-order valence-electron chi connectivity index (χ4n) is 5.40. The first-order chi connectivity index (χ1) is 21.8. The summed E-state index contributed by atoms with van der Waals surface area (Å²) in [7, 11) is 4.29. The Balaban J connectivity index is 1.09. The van der Waals surface area contributed by atoms with Gasteiger partial charge >= 0.3 is 0 Å². The number of rotatable bonds is 10. The van der Waals surface area contributed by atoms with Crippen molar-refractivity contribution in [1.82, 2.24) is 14.8 Å². The van der Waals surface area contributed by atoms with E-state index < -0.39 is 24.1 Å². The summed E-state index contributed by atoms with van der Waals surface area (Å²) in [5.41, 5.74) is 3.95. The lowest BCUT2D eigenvalue weighted by Gasteiger charge is -2.20. The number of para-hydroxylation sites is 1. The molecule has 230 valence electrons. The number of hydrogen-bond donors (Lipinski definition) is 2. The molecule has 0 aliphatic carbocycles. The molecule has 8 nitrogen and oxygen atoms in total. The van der Waals surface area contributed by atoms with Crippen molar-refractivity contribution in [2.24, 2.45) is 0 Å². The van der Waals surface area contributed by atoms with Gasteiger partial charge in [-0.3, -0.25) is 19.5 Å². The minimum Gasteiger partial charge on any atom is -0.453 e. The van der Waals surface area contributed by atoms with Crippen molar-refractivity contribution in [1.29, 1.82) is 0 Å². The van der Waals surface area contributed by atoms with E-state index >= 15 is 4.39 Å². The lowest BCUT2D eigenvalue weighted by Crippen LogP contribution is -2.31. The highest BCUT2D eigenvalue weighted by Gasteiger charge is 2.23. The van der Waals surface area contributed by atoms with Crippen LogP contribution in [0.1, 0.15) is 18.4 Å². The molecule has 1 aliphatic rings. The van der Waals surface area contributed by atoms with Crippen molar-refractivity contribution in [3.8, 4) is 21.9 Å². The zero-order valence-electron chi connectivity index (χ0n) is 25.1. The van der Waals surface area contributed by atoms with E-state index in [4.69, 9.17) is 4.74 Å². The summed E-state index contributed by atoms with van der Waals surface area (Å²) in [5.74, 6) is -1.16. The normalized spacial score (nSPS) is 15.0. The molecule has 3 heterocycles. The molecule has 1 unspecified atom stereocenters. The van der Waals surface area contributed by atoms with E-state index in [0.29, 0.717) is 17.5 Å². The number of amides is 2. The second kappa shape index (κ2) is 13.6. The second-order valence-corrected chi connectivity index (χ2v) is 12.4. The molecule has 5 aromatic rings. The van der Waals surface area contributed by atoms with Crippen molar-refractivity contribution in [3.05, 3.63) is 103 Å². The summed E-state index contributed by atoms with van der Waals surface area (Å²) in [6.45, 7) is 3.14. The molecule has 1 fully saturated rings. The number of likely N-dealkylation sites (N-methyl/N-ethyl adjacent to an activating group) is 1. The first kappa shape index (κ1) is 30.4. The summed E-state index contributed by atoms with van der Waals surface area (Å²) in [6.07, 6.45) is 2.44. The number of nitrogens with zero attached hydrogens (tertiary/aromatic N) is 3. The number of pyridine rings is 1. The van der Waals surface area contributed by atoms with E-state index in [0.717, 1.165) is 40.3 Å². The molecule has 6 rings (SSSR count). The van der Waals surface area contributed by atoms with Gasteiger partial charge < -0.3 is 20.3 Å². The highest BCUT2D eigenvalue weighted by molar-refractivity contribution is 7.22. The maximum atomic E-state index is 15.1. The Bertz CT molecular complexity index is 1810. The molecule has 2 N–H and O–H groups in total. The summed E-state index contributed by atoms with van der Waals surface area (Å²) in [4.78, 5) is 34.9. The third-order valence-electron chi connectivity index (χ3n) is 7.81. The lowest BCUT2D eigenvalue weighted by molar-refractivity contribution is -0.123. The van der Waals surface area contributed by atoms with Crippen molar-refractivity contribution in [3.63, 3.8) is 0 Å². The van der Waals surface area contributed by atoms with Crippen molar-refractivity contribution >= 4 is 44.7 Å². The zero-order chi connectivity index (χ0) is 31.3. The number of likely N-dealkylation sites (tertiary alicyclic amines) is 1. The van der Waals surface area contributed by atoms with E-state index in [2.05, 4.69) is 63.8 Å². The predicted octanol–water partition coefficient (Wildman–Crippen LogP) is 7.00. The van der Waals surface area contributed by atoms with Crippen LogP contribution in [0.5, 0.6) is 11.5 Å². The van der Waals surface area contributed by atoms with Crippen LogP contribution in [0.15, 0.2) is 91.1 Å². The molecule has 45 heavy (non-hydrogen) atoms. The van der Waals surface area contributed by atoms with Crippen LogP contribution in [0.3, 0.4) is 0 Å². The van der Waals surface area contributed by atoms with Crippen LogP contribution in [-0.2, 0) is 16.1 Å². The average Bonchev–Trinajstić information content (AvgIpc) is 3.68. The van der Waals surface area contributed by atoms with Crippen LogP contribution in [0.2, 0.25) is 0 Å². The fraction of sp³-hybridized carbons (Fsp3) is 0.229. The van der Waals surface area contributed by atoms with Gasteiger partial charge in [0.15, 0.2) is 11.6 Å². The van der Waals surface area contributed by atoms with Crippen LogP contribution in [0.25, 0.3) is 20.7 Å². The van der Waals surface area contributed by atoms with Crippen molar-refractivity contribution in [2.75, 3.05) is 37.8 Å². The number of carbonyl (C=O) groups excluding carboxylic acids is 2. The summed E-state index contributed by atoms with van der Waals surface area (Å²) >= 11 is 1.54. The average molecular weight is 624 g/mol. The number of thiophene rings is 1. The van der Waals surface area contributed by atoms with Gasteiger partial charge in [-0.05, 0) is 62.0 Å². The van der Waals surface area contributed by atoms with Crippen LogP contribution >= 0.6 is 11.3 Å². The van der Waals surface area contributed by atoms with E-state index in [9.17, 15) is 9.59 Å². The molecule has 0 spiro atoms. The summed E-state index contributed by atoms with van der Waals surface area (Å²) < 4.78 is 21.9. The lowest BCUT2D eigenvalue weighted by atomic mass is 10.1. The van der Waals surface area contributed by atoms with E-state index in [1.54, 1.807) is 47.9 Å². The Morgan fingerprint density at radius 1 is 0.956 bits per heavy atom. The van der Waals surface area contributed by atoms with Gasteiger partial charge in [0.2, 0.25) is 11.8 Å². The molecule has 0 radical (unpaired) electrons. The number of ether oxygens (including phenoxy) is 1. The molecular formula is C35H34FN5O3S. The number of halogens is 1. The van der Waals surface area contributed by atoms with Gasteiger partial charge in [0.1, 0.15) is 12.2 Å². The van der Waals surface area contributed by atoms with Crippen LogP contribution in [0.4, 0.5) is 15.8 Å². The molecule has 1 saturated heterocycles. The fourth-order valence-corrected chi connectivity index (χ4v) is 6.48. The number of anilines is 2. The molecular weight excluding hydrogens is 589 g/mol. The first-order valence-corrected chi connectivity index (χ1v) is 15.6. The molecule has 0 saturated carbocycles. The predicted molar refractivity (Wildman–Crippen MR) is 177 cm³/mol. The Kier molecular flexibility index (Phi) is 9.16. The van der Waals surface area contributed by atoms with Crippen molar-refractivity contribution < 1.29 is 18.7 Å². The van der Waals surface area contributed by atoms with Gasteiger partial charge in [0.05, 0.1) is 10.2 Å². The molecule has 3 aromatic carbocycles. The standard InChI is InChI=1S/C35H34FN5O3S/c1-40(2)27-15-17-41(22-27)21-23-8-10-24(11-9-23)32-19-29-35(45-32)31(14-16-37-29)44-30-13-12-26(18-28(30)36)39-34(43)20-33(42)38-25-6-4-3-5-7-25/h3-14,16,18-19,27H,15,17,20-22H2,1-2H3,(H,38,42)(H,39,43). The Labute approximate surface area is 265 Å². The van der Waals surface area contributed by atoms with Gasteiger partial charge in [-0.1, -0.05) is 42.5 Å². The monoisotopic (exact) mass is 623 g/mol. The quantitative estimate of drug-likeness (QED) is 0.163. The summed E-state index contributed by atoms with van der Waals surface area (Å²) in [5, 5.41) is 5.22. The smallest absolute Gasteiger partial charge is 0.233 e. The number of carbonyl (C=O) groups is 2. The number of nitrogens with one attached hydrogen (secondary N) is 2. The number of benzene rings is 3. The molecule has 10 heteroatoms. The molecule has 2 aromatic heterocycles. The minimum absolute atomic E-state index is 0.0139. The maximum Gasteiger partial charge on any atom is 0.233 e. The SMILES string of the molecule is CN(C)C1CCN(Cc2ccc(-c3cc4nccc(Oc5ccc(NC(=O)CC(=O)Nc6ccccc6)cc5F)c4s3)cc2)C1. The second-order valence-electron chi connectivity index (χ2n) is 11.4. The van der Waals surface area contributed by atoms with E-state index in [-0.39, 0.29) is 11.4 Å². The third-order valence-corrected chi connectivity index (χ3v) is 9.00. The topological polar surface area (TPSA) is 86.8 Å². The van der Waals surface area contributed by atoms with Gasteiger partial charge in [-0.25, -0.2) is 4.39 Å². The molecule has 2 amide bonds. The molecule has 0 bridgehead atoms. The minimum atomic E-state index is -0.645. The third kappa shape index (κ3) is 7.54. The summed E-state index contributed by atoms with van der Waals surface area (Å²) in [6, 6.07) is 26.0. The molecule has 1 aliphatic heterocycles. The van der Waals surface area contributed by atoms with Crippen LogP contribution in [-0.4, -0.2) is 59.8 Å². The first-order valence-electron chi connectivity index (χ1n) is 14.8. The van der Waals surface area contributed by atoms with Crippen LogP contribution < -0.4 is 15.4 Å². The van der Waals surface area contributed by atoms with E-state index in [1.807, 2.05) is 12.1 Å². The number of hydrogen-bond acceptors (Lipinski definition) is 7. The largest absolute Gasteiger partial charge is 0.453 e. The zero-order valence-corrected chi connectivity index (χ0v) is 25.9. The highest BCUT2D eigenvalue weighted by Crippen LogP contribution is 2.40. The van der Waals surface area contributed by atoms with E-state index in [1.165, 1.54) is 30.2 Å². The van der Waals surface area contributed by atoms with Gasteiger partial charge in [-0.2, -0.15) is 0 Å². The highest BCUT2D eigenvalue weighted by atomic mass is 32.1. The Morgan fingerprint density at radius 3 is 2.42 bits per heavy atom. The van der Waals surface area contributed by atoms with Crippen LogP contribution in [0, 0.1) is 5.82 Å². The maximum absolute atomic E-state index is 15.1. The Hall–Kier alpha value is -4.64. The Morgan fingerprint density at radius 2 is 1.71 bits per heavy atom. The van der Waals surface area contributed by atoms with Gasteiger partial charge in [0, 0.05) is 60.3 Å². The number of fused-ring (bicyclic) bond motifs is 1. The van der Waals surface area contributed by atoms with Crippen molar-refractivity contribution in [2.45, 2.75) is 25.4 Å². The molecule has 1 atom stereocenters. The van der Waals surface area contributed by atoms with Gasteiger partial charge in [-0.15, -0.1) is 11.3 Å². The van der Waals surface area contributed by atoms with Gasteiger partial charge in [0.25, 0.3) is 0 Å². The number of aromatic nitrogens is 1.